The summed E-state index contributed by atoms with van der Waals surface area (Å²) in [6.45, 7) is 0. The summed E-state index contributed by atoms with van der Waals surface area (Å²) in [4.78, 5) is 13.9. The zero-order valence-corrected chi connectivity index (χ0v) is 7.79. The summed E-state index contributed by atoms with van der Waals surface area (Å²) < 4.78 is 1.65. The van der Waals surface area contributed by atoms with E-state index >= 15 is 0 Å². The van der Waals surface area contributed by atoms with Crippen LogP contribution in [0.3, 0.4) is 0 Å². The van der Waals surface area contributed by atoms with Gasteiger partial charge in [0.15, 0.2) is 6.29 Å². The lowest BCUT2D eigenvalue weighted by Gasteiger charge is -1.98. The molecule has 0 aliphatic heterocycles. The summed E-state index contributed by atoms with van der Waals surface area (Å²) in [5.74, 6) is 5.06. The first-order valence-corrected chi connectivity index (χ1v) is 4.30. The molecule has 1 aromatic heterocycles. The predicted molar refractivity (Wildman–Crippen MR) is 54.3 cm³/mol. The Labute approximate surface area is 86.6 Å². The SMILES string of the molecule is O=CC#Cc1ccc(-n2cncn2)cc1. The number of carbonyl (C=O) groups excluding carboxylic acids is 1. The molecule has 0 aliphatic rings. The Balaban J connectivity index is 2.28. The fraction of sp³-hybridized carbons (Fsp3) is 0. The number of hydrogen-bond donors (Lipinski definition) is 0. The van der Waals surface area contributed by atoms with Crippen LogP contribution in [-0.2, 0) is 4.79 Å². The second-order valence-corrected chi connectivity index (χ2v) is 2.77. The van der Waals surface area contributed by atoms with Crippen LogP contribution in [0, 0.1) is 11.8 Å². The van der Waals surface area contributed by atoms with Crippen molar-refractivity contribution in [3.63, 3.8) is 0 Å². The molecule has 1 heterocycles. The Kier molecular flexibility index (Phi) is 2.56. The highest BCUT2D eigenvalue weighted by Gasteiger charge is 1.95. The molecule has 72 valence electrons. The lowest BCUT2D eigenvalue weighted by Crippen LogP contribution is -1.93. The van der Waals surface area contributed by atoms with E-state index in [1.807, 2.05) is 24.3 Å². The second kappa shape index (κ2) is 4.20. The number of carbonyl (C=O) groups is 1. The first kappa shape index (κ1) is 9.16. The van der Waals surface area contributed by atoms with Crippen LogP contribution in [0.15, 0.2) is 36.9 Å². The molecule has 0 bridgehead atoms. The minimum absolute atomic E-state index is 0.575. The van der Waals surface area contributed by atoms with Gasteiger partial charge in [0.2, 0.25) is 0 Å². The molecular weight excluding hydrogens is 190 g/mol. The molecule has 0 fully saturated rings. The summed E-state index contributed by atoms with van der Waals surface area (Å²) in [5, 5.41) is 3.99. The Morgan fingerprint density at radius 1 is 1.27 bits per heavy atom. The molecular formula is C11H7N3O. The van der Waals surface area contributed by atoms with Gasteiger partial charge in [-0.3, -0.25) is 4.79 Å². The van der Waals surface area contributed by atoms with E-state index in [9.17, 15) is 4.79 Å². The molecule has 2 aromatic rings. The Hall–Kier alpha value is -2.41. The van der Waals surface area contributed by atoms with Crippen LogP contribution >= 0.6 is 0 Å². The molecule has 0 saturated heterocycles. The summed E-state index contributed by atoms with van der Waals surface area (Å²) in [6, 6.07) is 7.38. The highest BCUT2D eigenvalue weighted by atomic mass is 16.1. The van der Waals surface area contributed by atoms with E-state index in [4.69, 9.17) is 0 Å². The third kappa shape index (κ3) is 2.09. The van der Waals surface area contributed by atoms with Crippen molar-refractivity contribution in [1.82, 2.24) is 14.8 Å². The van der Waals surface area contributed by atoms with E-state index < -0.39 is 0 Å². The number of benzene rings is 1. The normalized spacial score (nSPS) is 9.07. The van der Waals surface area contributed by atoms with E-state index in [0.29, 0.717) is 6.29 Å². The van der Waals surface area contributed by atoms with Crippen molar-refractivity contribution in [2.45, 2.75) is 0 Å². The number of aldehydes is 1. The monoisotopic (exact) mass is 197 g/mol. The van der Waals surface area contributed by atoms with Gasteiger partial charge in [-0.1, -0.05) is 5.92 Å². The zero-order valence-electron chi connectivity index (χ0n) is 7.79. The van der Waals surface area contributed by atoms with Crippen molar-refractivity contribution >= 4 is 6.29 Å². The summed E-state index contributed by atoms with van der Waals surface area (Å²) >= 11 is 0. The van der Waals surface area contributed by atoms with Crippen LogP contribution in [0.1, 0.15) is 5.56 Å². The van der Waals surface area contributed by atoms with Gasteiger partial charge in [-0.2, -0.15) is 5.10 Å². The Morgan fingerprint density at radius 3 is 2.67 bits per heavy atom. The molecule has 0 unspecified atom stereocenters. The van der Waals surface area contributed by atoms with E-state index in [1.165, 1.54) is 6.33 Å². The summed E-state index contributed by atoms with van der Waals surface area (Å²) in [6.07, 6.45) is 3.66. The van der Waals surface area contributed by atoms with E-state index in [1.54, 1.807) is 11.0 Å². The van der Waals surface area contributed by atoms with Gasteiger partial charge >= 0.3 is 0 Å². The lowest BCUT2D eigenvalue weighted by atomic mass is 10.2. The maximum atomic E-state index is 10.0. The largest absolute Gasteiger partial charge is 0.289 e. The molecule has 15 heavy (non-hydrogen) atoms. The van der Waals surface area contributed by atoms with Crippen LogP contribution in [0.5, 0.6) is 0 Å². The van der Waals surface area contributed by atoms with Crippen molar-refractivity contribution in [3.05, 3.63) is 42.5 Å². The molecule has 1 aromatic carbocycles. The van der Waals surface area contributed by atoms with Gasteiger partial charge in [0.05, 0.1) is 5.69 Å². The molecule has 0 spiro atoms. The molecule has 0 radical (unpaired) electrons. The molecule has 0 aliphatic carbocycles. The number of nitrogens with zero attached hydrogens (tertiary/aromatic N) is 3. The smallest absolute Gasteiger partial charge is 0.193 e. The quantitative estimate of drug-likeness (QED) is 0.502. The Bertz CT molecular complexity index is 503. The second-order valence-electron chi connectivity index (χ2n) is 2.77. The average Bonchev–Trinajstić information content (AvgIpc) is 2.80. The lowest BCUT2D eigenvalue weighted by molar-refractivity contribution is -0.103. The van der Waals surface area contributed by atoms with Gasteiger partial charge in [-0.05, 0) is 30.2 Å². The van der Waals surface area contributed by atoms with Gasteiger partial charge in [0, 0.05) is 5.56 Å². The van der Waals surface area contributed by atoms with Crippen LogP contribution in [-0.4, -0.2) is 21.1 Å². The van der Waals surface area contributed by atoms with Gasteiger partial charge in [0.25, 0.3) is 0 Å². The maximum absolute atomic E-state index is 10.0. The van der Waals surface area contributed by atoms with Crippen molar-refractivity contribution in [2.24, 2.45) is 0 Å². The first-order chi connectivity index (χ1) is 7.40. The zero-order chi connectivity index (χ0) is 10.5. The third-order valence-electron chi connectivity index (χ3n) is 1.83. The molecule has 0 saturated carbocycles. The van der Waals surface area contributed by atoms with Crippen molar-refractivity contribution in [2.75, 3.05) is 0 Å². The Morgan fingerprint density at radius 2 is 2.07 bits per heavy atom. The topological polar surface area (TPSA) is 47.8 Å². The number of hydrogen-bond acceptors (Lipinski definition) is 3. The van der Waals surface area contributed by atoms with Crippen LogP contribution < -0.4 is 0 Å². The predicted octanol–water partition coefficient (Wildman–Crippen LogP) is 0.818. The molecule has 4 heteroatoms. The fourth-order valence-corrected chi connectivity index (χ4v) is 1.15. The van der Waals surface area contributed by atoms with Crippen molar-refractivity contribution in [1.29, 1.82) is 0 Å². The summed E-state index contributed by atoms with van der Waals surface area (Å²) in [5.41, 5.74) is 1.70. The summed E-state index contributed by atoms with van der Waals surface area (Å²) in [7, 11) is 0. The highest BCUT2D eigenvalue weighted by Crippen LogP contribution is 2.06. The molecule has 0 amide bonds. The highest BCUT2D eigenvalue weighted by molar-refractivity contribution is 5.73. The molecule has 0 atom stereocenters. The first-order valence-electron chi connectivity index (χ1n) is 4.30. The van der Waals surface area contributed by atoms with Gasteiger partial charge in [-0.15, -0.1) is 0 Å². The van der Waals surface area contributed by atoms with Crippen molar-refractivity contribution in [3.8, 4) is 17.5 Å². The van der Waals surface area contributed by atoms with Gasteiger partial charge in [0.1, 0.15) is 12.7 Å². The molecule has 0 N–H and O–H groups in total. The van der Waals surface area contributed by atoms with Crippen LogP contribution in [0.2, 0.25) is 0 Å². The minimum atomic E-state index is 0.575. The molecule has 4 nitrogen and oxygen atoms in total. The van der Waals surface area contributed by atoms with E-state index in [-0.39, 0.29) is 0 Å². The van der Waals surface area contributed by atoms with Crippen LogP contribution in [0.4, 0.5) is 0 Å². The number of aromatic nitrogens is 3. The van der Waals surface area contributed by atoms with Gasteiger partial charge < -0.3 is 0 Å². The number of rotatable bonds is 1. The minimum Gasteiger partial charge on any atom is -0.289 e. The average molecular weight is 197 g/mol. The third-order valence-corrected chi connectivity index (χ3v) is 1.83. The van der Waals surface area contributed by atoms with Gasteiger partial charge in [-0.25, -0.2) is 9.67 Å². The maximum Gasteiger partial charge on any atom is 0.193 e. The van der Waals surface area contributed by atoms with E-state index in [0.717, 1.165) is 11.3 Å². The van der Waals surface area contributed by atoms with Crippen LogP contribution in [0.25, 0.3) is 5.69 Å². The van der Waals surface area contributed by atoms with Crippen molar-refractivity contribution < 1.29 is 4.79 Å². The molecule has 2 rings (SSSR count). The fourth-order valence-electron chi connectivity index (χ4n) is 1.15. The standard InChI is InChI=1S/C11H7N3O/c15-7-1-2-10-3-5-11(6-4-10)14-9-12-8-13-14/h3-9H. The van der Waals surface area contributed by atoms with E-state index in [2.05, 4.69) is 21.9 Å².